The van der Waals surface area contributed by atoms with Crippen molar-refractivity contribution in [3.8, 4) is 6.07 Å². The number of hydrogen-bond acceptors (Lipinski definition) is 4. The van der Waals surface area contributed by atoms with Crippen LogP contribution in [0.4, 0.5) is 5.69 Å². The lowest BCUT2D eigenvalue weighted by Crippen LogP contribution is -2.24. The van der Waals surface area contributed by atoms with Crippen molar-refractivity contribution >= 4 is 15.5 Å². The Labute approximate surface area is 109 Å². The summed E-state index contributed by atoms with van der Waals surface area (Å²) >= 11 is 0. The molecule has 1 aromatic rings. The first-order valence-electron chi connectivity index (χ1n) is 5.79. The smallest absolute Gasteiger partial charge is 0.175 e. The van der Waals surface area contributed by atoms with Gasteiger partial charge < -0.3 is 4.90 Å². The van der Waals surface area contributed by atoms with Gasteiger partial charge in [0.2, 0.25) is 0 Å². The molecule has 0 N–H and O–H groups in total. The number of benzene rings is 1. The van der Waals surface area contributed by atoms with Gasteiger partial charge in [0.25, 0.3) is 0 Å². The van der Waals surface area contributed by atoms with E-state index in [-0.39, 0.29) is 5.92 Å². The lowest BCUT2D eigenvalue weighted by Gasteiger charge is -2.21. The maximum Gasteiger partial charge on any atom is 0.175 e. The summed E-state index contributed by atoms with van der Waals surface area (Å²) in [4.78, 5) is 2.27. The zero-order chi connectivity index (χ0) is 13.8. The number of nitrogens with zero attached hydrogens (tertiary/aromatic N) is 2. The Hall–Kier alpha value is -1.54. The molecule has 0 heterocycles. The van der Waals surface area contributed by atoms with E-state index in [4.69, 9.17) is 5.26 Å². The van der Waals surface area contributed by atoms with Crippen LogP contribution in [0, 0.1) is 17.2 Å². The van der Waals surface area contributed by atoms with Crippen LogP contribution in [0.1, 0.15) is 13.3 Å². The number of anilines is 1. The maximum absolute atomic E-state index is 11.3. The van der Waals surface area contributed by atoms with Crippen LogP contribution in [-0.4, -0.2) is 28.3 Å². The minimum Gasteiger partial charge on any atom is -0.373 e. The molecule has 4 nitrogen and oxygen atoms in total. The molecular formula is C13H18N2O2S. The molecule has 1 unspecified atom stereocenters. The van der Waals surface area contributed by atoms with Crippen molar-refractivity contribution in [1.29, 1.82) is 5.26 Å². The molecule has 0 saturated heterocycles. The average molecular weight is 266 g/mol. The lowest BCUT2D eigenvalue weighted by molar-refractivity contribution is 0.602. The summed E-state index contributed by atoms with van der Waals surface area (Å²) in [7, 11) is -1.25. The van der Waals surface area contributed by atoms with Crippen LogP contribution in [0.15, 0.2) is 29.2 Å². The van der Waals surface area contributed by atoms with Crippen LogP contribution < -0.4 is 4.90 Å². The number of hydrogen-bond donors (Lipinski definition) is 0. The van der Waals surface area contributed by atoms with Gasteiger partial charge in [-0.15, -0.1) is 0 Å². The molecule has 98 valence electrons. The molecule has 0 aliphatic heterocycles. The van der Waals surface area contributed by atoms with Gasteiger partial charge in [-0.05, 0) is 30.7 Å². The highest BCUT2D eigenvalue weighted by atomic mass is 32.2. The van der Waals surface area contributed by atoms with Gasteiger partial charge in [-0.2, -0.15) is 5.26 Å². The predicted molar refractivity (Wildman–Crippen MR) is 72.2 cm³/mol. The second-order valence-corrected chi connectivity index (χ2v) is 6.40. The van der Waals surface area contributed by atoms with Crippen LogP contribution >= 0.6 is 0 Å². The third kappa shape index (κ3) is 3.74. The largest absolute Gasteiger partial charge is 0.373 e. The maximum atomic E-state index is 11.3. The number of sulfone groups is 1. The predicted octanol–water partition coefficient (Wildman–Crippen LogP) is 2.08. The molecule has 0 aliphatic carbocycles. The van der Waals surface area contributed by atoms with Crippen LogP contribution in [0.3, 0.4) is 0 Å². The van der Waals surface area contributed by atoms with E-state index in [1.807, 2.05) is 18.9 Å². The molecular weight excluding hydrogens is 248 g/mol. The highest BCUT2D eigenvalue weighted by Gasteiger charge is 2.11. The van der Waals surface area contributed by atoms with Gasteiger partial charge in [0, 0.05) is 25.5 Å². The Morgan fingerprint density at radius 2 is 1.89 bits per heavy atom. The summed E-state index contributed by atoms with van der Waals surface area (Å²) < 4.78 is 22.7. The molecule has 5 heteroatoms. The molecule has 0 radical (unpaired) electrons. The van der Waals surface area contributed by atoms with Gasteiger partial charge >= 0.3 is 0 Å². The van der Waals surface area contributed by atoms with Gasteiger partial charge in [0.1, 0.15) is 0 Å². The van der Waals surface area contributed by atoms with Crippen molar-refractivity contribution in [1.82, 2.24) is 0 Å². The number of rotatable bonds is 5. The minimum absolute atomic E-state index is 0.00964. The molecule has 0 spiro atoms. The summed E-state index contributed by atoms with van der Waals surface area (Å²) in [6.45, 7) is 2.62. The van der Waals surface area contributed by atoms with E-state index < -0.39 is 9.84 Å². The molecule has 0 saturated carbocycles. The highest BCUT2D eigenvalue weighted by Crippen LogP contribution is 2.18. The molecule has 1 aromatic carbocycles. The fraction of sp³-hybridized carbons (Fsp3) is 0.462. The van der Waals surface area contributed by atoms with E-state index in [1.165, 1.54) is 6.26 Å². The van der Waals surface area contributed by atoms with Crippen molar-refractivity contribution in [2.75, 3.05) is 24.7 Å². The fourth-order valence-corrected chi connectivity index (χ4v) is 2.28. The lowest BCUT2D eigenvalue weighted by atomic mass is 10.1. The van der Waals surface area contributed by atoms with Crippen molar-refractivity contribution in [3.63, 3.8) is 0 Å². The van der Waals surface area contributed by atoms with Gasteiger partial charge in [0.05, 0.1) is 16.9 Å². The van der Waals surface area contributed by atoms with Gasteiger partial charge in [-0.3, -0.25) is 0 Å². The molecule has 0 fully saturated rings. The summed E-state index contributed by atoms with van der Waals surface area (Å²) in [6, 6.07) is 8.96. The Morgan fingerprint density at radius 1 is 1.33 bits per heavy atom. The zero-order valence-electron chi connectivity index (χ0n) is 10.9. The molecule has 18 heavy (non-hydrogen) atoms. The van der Waals surface area contributed by atoms with Crippen molar-refractivity contribution < 1.29 is 8.42 Å². The van der Waals surface area contributed by atoms with E-state index in [0.29, 0.717) is 11.4 Å². The first-order valence-corrected chi connectivity index (χ1v) is 7.68. The Balaban J connectivity index is 2.83. The second kappa shape index (κ2) is 5.87. The van der Waals surface area contributed by atoms with E-state index in [0.717, 1.165) is 12.1 Å². The van der Waals surface area contributed by atoms with Gasteiger partial charge in [-0.25, -0.2) is 8.42 Å². The van der Waals surface area contributed by atoms with Crippen LogP contribution in [0.2, 0.25) is 0 Å². The first kappa shape index (κ1) is 14.5. The van der Waals surface area contributed by atoms with Crippen molar-refractivity contribution in [2.45, 2.75) is 18.2 Å². The summed E-state index contributed by atoms with van der Waals surface area (Å²) in [5, 5.41) is 8.92. The first-order chi connectivity index (χ1) is 8.38. The third-order valence-electron chi connectivity index (χ3n) is 2.88. The van der Waals surface area contributed by atoms with E-state index >= 15 is 0 Å². The Kier molecular flexibility index (Phi) is 4.74. The summed E-state index contributed by atoms with van der Waals surface area (Å²) in [6.07, 6.45) is 2.00. The van der Waals surface area contributed by atoms with E-state index in [2.05, 4.69) is 6.07 Å². The molecule has 0 bridgehead atoms. The topological polar surface area (TPSA) is 61.2 Å². The van der Waals surface area contributed by atoms with Crippen LogP contribution in [0.5, 0.6) is 0 Å². The van der Waals surface area contributed by atoms with Gasteiger partial charge in [0.15, 0.2) is 9.84 Å². The molecule has 1 rings (SSSR count). The summed E-state index contributed by atoms with van der Waals surface area (Å²) in [5.74, 6) is -0.00964. The normalized spacial score (nSPS) is 12.8. The number of nitriles is 1. The quantitative estimate of drug-likeness (QED) is 0.818. The molecule has 0 amide bonds. The Morgan fingerprint density at radius 3 is 2.28 bits per heavy atom. The standard InChI is InChI=1S/C13H18N2O2S/c1-4-11(9-14)10-15(2)12-5-7-13(8-6-12)18(3,16)17/h5-8,11H,4,10H2,1-3H3. The van der Waals surface area contributed by atoms with Gasteiger partial charge in [-0.1, -0.05) is 6.92 Å². The van der Waals surface area contributed by atoms with Crippen molar-refractivity contribution in [3.05, 3.63) is 24.3 Å². The third-order valence-corrected chi connectivity index (χ3v) is 4.00. The zero-order valence-corrected chi connectivity index (χ0v) is 11.7. The monoisotopic (exact) mass is 266 g/mol. The molecule has 1 atom stereocenters. The molecule has 0 aliphatic rings. The second-order valence-electron chi connectivity index (χ2n) is 4.38. The van der Waals surface area contributed by atoms with E-state index in [1.54, 1.807) is 24.3 Å². The summed E-state index contributed by atoms with van der Waals surface area (Å²) in [5.41, 5.74) is 0.913. The van der Waals surface area contributed by atoms with Crippen molar-refractivity contribution in [2.24, 2.45) is 5.92 Å². The SMILES string of the molecule is CCC(C#N)CN(C)c1ccc(S(C)(=O)=O)cc1. The molecule has 0 aromatic heterocycles. The average Bonchev–Trinajstić information content (AvgIpc) is 2.34. The Bertz CT molecular complexity index is 529. The van der Waals surface area contributed by atoms with Crippen LogP contribution in [0.25, 0.3) is 0 Å². The minimum atomic E-state index is -3.15. The fourth-order valence-electron chi connectivity index (χ4n) is 1.65. The van der Waals surface area contributed by atoms with E-state index in [9.17, 15) is 8.42 Å². The highest BCUT2D eigenvalue weighted by molar-refractivity contribution is 7.90. The van der Waals surface area contributed by atoms with Crippen LogP contribution in [-0.2, 0) is 9.84 Å².